The predicted octanol–water partition coefficient (Wildman–Crippen LogP) is 2.75. The van der Waals surface area contributed by atoms with E-state index in [1.807, 2.05) is 26.1 Å². The molecule has 1 aliphatic heterocycles. The summed E-state index contributed by atoms with van der Waals surface area (Å²) in [6, 6.07) is 5.47. The highest BCUT2D eigenvalue weighted by Crippen LogP contribution is 2.20. The van der Waals surface area contributed by atoms with Crippen molar-refractivity contribution in [1.29, 1.82) is 0 Å². The van der Waals surface area contributed by atoms with Gasteiger partial charge in [-0.15, -0.1) is 0 Å². The largest absolute Gasteiger partial charge is 0.328 e. The molecule has 1 saturated heterocycles. The smallest absolute Gasteiger partial charge is 0.321 e. The normalized spacial score (nSPS) is 16.3. The van der Waals surface area contributed by atoms with E-state index in [-0.39, 0.29) is 6.03 Å². The number of anilines is 1. The molecule has 0 aliphatic carbocycles. The van der Waals surface area contributed by atoms with Gasteiger partial charge >= 0.3 is 6.03 Å². The molecule has 0 atom stereocenters. The minimum Gasteiger partial charge on any atom is -0.328 e. The van der Waals surface area contributed by atoms with E-state index >= 15 is 0 Å². The highest BCUT2D eigenvalue weighted by Gasteiger charge is 2.14. The summed E-state index contributed by atoms with van der Waals surface area (Å²) in [7, 11) is 3.99. The molecule has 0 radical (unpaired) electrons. The maximum absolute atomic E-state index is 12.2. The maximum Gasteiger partial charge on any atom is 0.321 e. The Morgan fingerprint density at radius 2 is 2.00 bits per heavy atom. The number of benzene rings is 1. The summed E-state index contributed by atoms with van der Waals surface area (Å²) < 4.78 is 0. The van der Waals surface area contributed by atoms with Gasteiger partial charge in [0.25, 0.3) is 0 Å². The standard InChI is InChI=1S/C17H27ClN4O/c1-14-5-6-15(13-16(14)18)19-17(23)21(3)7-4-8-22-11-9-20(2)10-12-22/h5-6,13H,4,7-12H2,1-3H3,(H,19,23). The topological polar surface area (TPSA) is 38.8 Å². The second-order valence-corrected chi connectivity index (χ2v) is 6.72. The Hall–Kier alpha value is -1.30. The van der Waals surface area contributed by atoms with Crippen LogP contribution in [0, 0.1) is 6.92 Å². The van der Waals surface area contributed by atoms with Crippen LogP contribution in [0.3, 0.4) is 0 Å². The fraction of sp³-hybridized carbons (Fsp3) is 0.588. The van der Waals surface area contributed by atoms with Crippen molar-refractivity contribution >= 4 is 23.3 Å². The van der Waals surface area contributed by atoms with Crippen LogP contribution in [0.5, 0.6) is 0 Å². The van der Waals surface area contributed by atoms with Gasteiger partial charge in [0, 0.05) is 50.5 Å². The van der Waals surface area contributed by atoms with Gasteiger partial charge in [0.2, 0.25) is 0 Å². The third-order valence-electron chi connectivity index (χ3n) is 4.33. The molecule has 2 rings (SSSR count). The quantitative estimate of drug-likeness (QED) is 0.897. The number of carbonyl (C=O) groups excluding carboxylic acids is 1. The lowest BCUT2D eigenvalue weighted by Crippen LogP contribution is -2.45. The molecule has 128 valence electrons. The third-order valence-corrected chi connectivity index (χ3v) is 4.74. The lowest BCUT2D eigenvalue weighted by Gasteiger charge is -2.32. The molecule has 1 aliphatic rings. The molecule has 23 heavy (non-hydrogen) atoms. The minimum atomic E-state index is -0.0942. The van der Waals surface area contributed by atoms with E-state index in [0.717, 1.165) is 56.9 Å². The summed E-state index contributed by atoms with van der Waals surface area (Å²) in [5.74, 6) is 0. The van der Waals surface area contributed by atoms with Crippen molar-refractivity contribution in [1.82, 2.24) is 14.7 Å². The zero-order valence-electron chi connectivity index (χ0n) is 14.3. The van der Waals surface area contributed by atoms with Crippen LogP contribution in [0.4, 0.5) is 10.5 Å². The first-order valence-corrected chi connectivity index (χ1v) is 8.52. The zero-order chi connectivity index (χ0) is 16.8. The van der Waals surface area contributed by atoms with E-state index in [4.69, 9.17) is 11.6 Å². The van der Waals surface area contributed by atoms with Crippen molar-refractivity contribution in [3.05, 3.63) is 28.8 Å². The molecule has 1 fully saturated rings. The number of aryl methyl sites for hydroxylation is 1. The molecule has 0 aromatic heterocycles. The van der Waals surface area contributed by atoms with Gasteiger partial charge in [-0.25, -0.2) is 4.79 Å². The van der Waals surface area contributed by atoms with Crippen molar-refractivity contribution in [2.75, 3.05) is 58.7 Å². The number of piperazine rings is 1. The van der Waals surface area contributed by atoms with Gasteiger partial charge in [-0.2, -0.15) is 0 Å². The first-order valence-electron chi connectivity index (χ1n) is 8.15. The predicted molar refractivity (Wildman–Crippen MR) is 96.4 cm³/mol. The molecule has 1 aromatic carbocycles. The molecule has 1 aromatic rings. The molecule has 0 spiro atoms. The molecule has 6 heteroatoms. The number of rotatable bonds is 5. The van der Waals surface area contributed by atoms with Gasteiger partial charge in [-0.05, 0) is 44.6 Å². The van der Waals surface area contributed by atoms with Gasteiger partial charge in [0.05, 0.1) is 0 Å². The zero-order valence-corrected chi connectivity index (χ0v) is 15.1. The summed E-state index contributed by atoms with van der Waals surface area (Å²) in [6.45, 7) is 8.23. The van der Waals surface area contributed by atoms with Crippen LogP contribution in [-0.2, 0) is 0 Å². The Morgan fingerprint density at radius 3 is 2.65 bits per heavy atom. The monoisotopic (exact) mass is 338 g/mol. The minimum absolute atomic E-state index is 0.0942. The second-order valence-electron chi connectivity index (χ2n) is 6.31. The highest BCUT2D eigenvalue weighted by molar-refractivity contribution is 6.31. The molecule has 5 nitrogen and oxygen atoms in total. The summed E-state index contributed by atoms with van der Waals surface area (Å²) in [5.41, 5.74) is 1.74. The van der Waals surface area contributed by atoms with Crippen molar-refractivity contribution < 1.29 is 4.79 Å². The van der Waals surface area contributed by atoms with Crippen LogP contribution < -0.4 is 5.32 Å². The molecule has 0 saturated carbocycles. The average Bonchev–Trinajstić information content (AvgIpc) is 2.52. The molecule has 1 heterocycles. The number of amides is 2. The van der Waals surface area contributed by atoms with Gasteiger partial charge in [0.15, 0.2) is 0 Å². The van der Waals surface area contributed by atoms with Crippen molar-refractivity contribution in [2.24, 2.45) is 0 Å². The van der Waals surface area contributed by atoms with Crippen LogP contribution in [0.15, 0.2) is 18.2 Å². The van der Waals surface area contributed by atoms with Crippen molar-refractivity contribution in [3.8, 4) is 0 Å². The van der Waals surface area contributed by atoms with E-state index < -0.39 is 0 Å². The molecule has 0 bridgehead atoms. The van der Waals surface area contributed by atoms with Crippen LogP contribution in [0.25, 0.3) is 0 Å². The third kappa shape index (κ3) is 5.68. The van der Waals surface area contributed by atoms with Gasteiger partial charge in [0.1, 0.15) is 0 Å². The second kappa shape index (κ2) is 8.52. The first kappa shape index (κ1) is 18.0. The summed E-state index contributed by atoms with van der Waals surface area (Å²) >= 11 is 6.08. The SMILES string of the molecule is Cc1ccc(NC(=O)N(C)CCCN2CCN(C)CC2)cc1Cl. The number of hydrogen-bond donors (Lipinski definition) is 1. The summed E-state index contributed by atoms with van der Waals surface area (Å²) in [4.78, 5) is 18.7. The fourth-order valence-corrected chi connectivity index (χ4v) is 2.77. The van der Waals surface area contributed by atoms with Crippen molar-refractivity contribution in [3.63, 3.8) is 0 Å². The lowest BCUT2D eigenvalue weighted by atomic mass is 10.2. The van der Waals surface area contributed by atoms with E-state index in [1.165, 1.54) is 0 Å². The summed E-state index contributed by atoms with van der Waals surface area (Å²) in [5, 5.41) is 3.55. The van der Waals surface area contributed by atoms with Crippen LogP contribution in [0.2, 0.25) is 5.02 Å². The molecular weight excluding hydrogens is 312 g/mol. The maximum atomic E-state index is 12.2. The Morgan fingerprint density at radius 1 is 1.30 bits per heavy atom. The number of carbonyl (C=O) groups is 1. The number of urea groups is 1. The Kier molecular flexibility index (Phi) is 6.69. The number of nitrogens with one attached hydrogen (secondary N) is 1. The molecule has 1 N–H and O–H groups in total. The number of nitrogens with zero attached hydrogens (tertiary/aromatic N) is 3. The number of halogens is 1. The highest BCUT2D eigenvalue weighted by atomic mass is 35.5. The Labute approximate surface area is 144 Å². The van der Waals surface area contributed by atoms with Gasteiger partial charge in [-0.3, -0.25) is 0 Å². The van der Waals surface area contributed by atoms with E-state index in [1.54, 1.807) is 11.0 Å². The Balaban J connectivity index is 1.71. The van der Waals surface area contributed by atoms with Crippen LogP contribution >= 0.6 is 11.6 Å². The van der Waals surface area contributed by atoms with Crippen molar-refractivity contribution in [2.45, 2.75) is 13.3 Å². The van der Waals surface area contributed by atoms with E-state index in [9.17, 15) is 4.79 Å². The lowest BCUT2D eigenvalue weighted by molar-refractivity contribution is 0.149. The fourth-order valence-electron chi connectivity index (χ4n) is 2.59. The summed E-state index contributed by atoms with van der Waals surface area (Å²) in [6.07, 6.45) is 0.988. The Bertz CT molecular complexity index is 529. The van der Waals surface area contributed by atoms with Crippen LogP contribution in [0.1, 0.15) is 12.0 Å². The van der Waals surface area contributed by atoms with Gasteiger partial charge < -0.3 is 20.0 Å². The number of likely N-dealkylation sites (N-methyl/N-ethyl adjacent to an activating group) is 1. The molecule has 0 unspecified atom stereocenters. The average molecular weight is 339 g/mol. The molecule has 2 amide bonds. The number of hydrogen-bond acceptors (Lipinski definition) is 3. The first-order chi connectivity index (χ1) is 11.0. The van der Waals surface area contributed by atoms with Crippen LogP contribution in [-0.4, -0.2) is 74.1 Å². The molecular formula is C17H27ClN4O. The van der Waals surface area contributed by atoms with Gasteiger partial charge in [-0.1, -0.05) is 17.7 Å². The van der Waals surface area contributed by atoms with E-state index in [2.05, 4.69) is 22.2 Å². The van der Waals surface area contributed by atoms with E-state index in [0.29, 0.717) is 5.02 Å².